The number of benzene rings is 3. The summed E-state index contributed by atoms with van der Waals surface area (Å²) in [7, 11) is 0. The van der Waals surface area contributed by atoms with E-state index in [1.54, 1.807) is 0 Å². The average molecular weight is 288 g/mol. The molecule has 1 nitrogen and oxygen atoms in total. The second-order valence-corrected chi connectivity index (χ2v) is 5.87. The highest BCUT2D eigenvalue weighted by Gasteiger charge is 2.11. The molecule has 0 amide bonds. The lowest BCUT2D eigenvalue weighted by atomic mass is 9.94. The zero-order valence-electron chi connectivity index (χ0n) is 13.2. The van der Waals surface area contributed by atoms with Gasteiger partial charge in [-0.1, -0.05) is 71.8 Å². The van der Waals surface area contributed by atoms with Crippen LogP contribution >= 0.6 is 0 Å². The van der Waals surface area contributed by atoms with Gasteiger partial charge in [0.05, 0.1) is 0 Å². The Morgan fingerprint density at radius 3 is 1.45 bits per heavy atom. The number of phenolic OH excluding ortho intramolecular Hbond substituents is 1. The zero-order valence-corrected chi connectivity index (χ0v) is 13.2. The summed E-state index contributed by atoms with van der Waals surface area (Å²) in [5, 5.41) is 10.6. The third kappa shape index (κ3) is 2.62. The molecule has 0 saturated heterocycles. The van der Waals surface area contributed by atoms with E-state index < -0.39 is 0 Å². The van der Waals surface area contributed by atoms with Crippen molar-refractivity contribution in [1.82, 2.24) is 0 Å². The molecular weight excluding hydrogens is 268 g/mol. The molecule has 0 aromatic heterocycles. The third-order valence-electron chi connectivity index (χ3n) is 4.16. The average Bonchev–Trinajstić information content (AvgIpc) is 2.52. The van der Waals surface area contributed by atoms with E-state index in [0.29, 0.717) is 5.75 Å². The van der Waals surface area contributed by atoms with Crippen LogP contribution in [0, 0.1) is 20.8 Å². The predicted molar refractivity (Wildman–Crippen MR) is 93.2 cm³/mol. The SMILES string of the molecule is Cc1ccc(-c2ccc(-c3ccc(C)cc3)c(O)c2C)cc1. The van der Waals surface area contributed by atoms with Gasteiger partial charge in [-0.3, -0.25) is 0 Å². The first-order chi connectivity index (χ1) is 10.6. The number of hydrogen-bond donors (Lipinski definition) is 1. The van der Waals surface area contributed by atoms with Gasteiger partial charge in [0.2, 0.25) is 0 Å². The van der Waals surface area contributed by atoms with Gasteiger partial charge in [0.15, 0.2) is 0 Å². The topological polar surface area (TPSA) is 20.2 Å². The van der Waals surface area contributed by atoms with Crippen LogP contribution in [0.1, 0.15) is 16.7 Å². The molecule has 3 aromatic carbocycles. The fraction of sp³-hybridized carbons (Fsp3) is 0.143. The fourth-order valence-electron chi connectivity index (χ4n) is 2.71. The maximum absolute atomic E-state index is 10.6. The molecule has 0 unspecified atom stereocenters. The predicted octanol–water partition coefficient (Wildman–Crippen LogP) is 5.65. The van der Waals surface area contributed by atoms with E-state index in [1.807, 2.05) is 13.0 Å². The van der Waals surface area contributed by atoms with Crippen LogP contribution in [0.5, 0.6) is 5.75 Å². The highest BCUT2D eigenvalue weighted by molar-refractivity contribution is 5.79. The minimum atomic E-state index is 0.363. The first-order valence-corrected chi connectivity index (χ1v) is 7.53. The monoisotopic (exact) mass is 288 g/mol. The molecule has 0 fully saturated rings. The van der Waals surface area contributed by atoms with Crippen LogP contribution in [-0.4, -0.2) is 5.11 Å². The van der Waals surface area contributed by atoms with Crippen molar-refractivity contribution in [2.24, 2.45) is 0 Å². The third-order valence-corrected chi connectivity index (χ3v) is 4.16. The molecular formula is C21H20O. The molecule has 0 aliphatic heterocycles. The Kier molecular flexibility index (Phi) is 3.72. The lowest BCUT2D eigenvalue weighted by Crippen LogP contribution is -1.88. The molecule has 1 heteroatoms. The minimum absolute atomic E-state index is 0.363. The summed E-state index contributed by atoms with van der Waals surface area (Å²) in [5.74, 6) is 0.363. The van der Waals surface area contributed by atoms with Crippen molar-refractivity contribution in [3.05, 3.63) is 77.4 Å². The van der Waals surface area contributed by atoms with E-state index >= 15 is 0 Å². The Morgan fingerprint density at radius 1 is 0.545 bits per heavy atom. The first-order valence-electron chi connectivity index (χ1n) is 7.53. The number of hydrogen-bond acceptors (Lipinski definition) is 1. The summed E-state index contributed by atoms with van der Waals surface area (Å²) < 4.78 is 0. The largest absolute Gasteiger partial charge is 0.507 e. The van der Waals surface area contributed by atoms with Gasteiger partial charge < -0.3 is 5.11 Å². The molecule has 0 spiro atoms. The van der Waals surface area contributed by atoms with Crippen LogP contribution < -0.4 is 0 Å². The second kappa shape index (κ2) is 5.69. The number of aryl methyl sites for hydroxylation is 2. The van der Waals surface area contributed by atoms with Crippen molar-refractivity contribution < 1.29 is 5.11 Å². The lowest BCUT2D eigenvalue weighted by Gasteiger charge is -2.13. The van der Waals surface area contributed by atoms with Crippen LogP contribution in [0.25, 0.3) is 22.3 Å². The van der Waals surface area contributed by atoms with Crippen molar-refractivity contribution in [2.45, 2.75) is 20.8 Å². The quantitative estimate of drug-likeness (QED) is 0.646. The van der Waals surface area contributed by atoms with Crippen molar-refractivity contribution in [1.29, 1.82) is 0 Å². The summed E-state index contributed by atoms with van der Waals surface area (Å²) >= 11 is 0. The Morgan fingerprint density at radius 2 is 0.955 bits per heavy atom. The molecule has 0 aliphatic carbocycles. The zero-order chi connectivity index (χ0) is 15.7. The summed E-state index contributed by atoms with van der Waals surface area (Å²) in [4.78, 5) is 0. The van der Waals surface area contributed by atoms with Crippen LogP contribution in [0.3, 0.4) is 0 Å². The Hall–Kier alpha value is -2.54. The Bertz CT molecular complexity index is 726. The maximum atomic E-state index is 10.6. The van der Waals surface area contributed by atoms with Gasteiger partial charge in [0.25, 0.3) is 0 Å². The van der Waals surface area contributed by atoms with Gasteiger partial charge in [-0.05, 0) is 43.0 Å². The lowest BCUT2D eigenvalue weighted by molar-refractivity contribution is 0.473. The van der Waals surface area contributed by atoms with Crippen molar-refractivity contribution in [3.63, 3.8) is 0 Å². The maximum Gasteiger partial charge on any atom is 0.126 e. The molecule has 3 rings (SSSR count). The molecule has 22 heavy (non-hydrogen) atoms. The first kappa shape index (κ1) is 14.4. The van der Waals surface area contributed by atoms with E-state index in [1.165, 1.54) is 11.1 Å². The molecule has 0 radical (unpaired) electrons. The van der Waals surface area contributed by atoms with Crippen molar-refractivity contribution in [3.8, 4) is 28.0 Å². The van der Waals surface area contributed by atoms with Crippen molar-refractivity contribution >= 4 is 0 Å². The van der Waals surface area contributed by atoms with Gasteiger partial charge in [0, 0.05) is 5.56 Å². The van der Waals surface area contributed by atoms with Crippen LogP contribution in [0.15, 0.2) is 60.7 Å². The molecule has 0 atom stereocenters. The van der Waals surface area contributed by atoms with Gasteiger partial charge >= 0.3 is 0 Å². The van der Waals surface area contributed by atoms with E-state index in [0.717, 1.165) is 27.8 Å². The smallest absolute Gasteiger partial charge is 0.126 e. The van der Waals surface area contributed by atoms with Crippen LogP contribution in [-0.2, 0) is 0 Å². The molecule has 0 saturated carbocycles. The van der Waals surface area contributed by atoms with E-state index in [2.05, 4.69) is 68.4 Å². The fourth-order valence-corrected chi connectivity index (χ4v) is 2.71. The standard InChI is InChI=1S/C21H20O/c1-14-4-8-17(9-5-14)19-12-13-20(21(22)16(19)3)18-10-6-15(2)7-11-18/h4-13,22H,1-3H3. The molecule has 1 N–H and O–H groups in total. The van der Waals surface area contributed by atoms with E-state index in [-0.39, 0.29) is 0 Å². The number of rotatable bonds is 2. The van der Waals surface area contributed by atoms with E-state index in [4.69, 9.17) is 0 Å². The normalized spacial score (nSPS) is 10.7. The summed E-state index contributed by atoms with van der Waals surface area (Å²) in [6.45, 7) is 6.12. The van der Waals surface area contributed by atoms with Crippen LogP contribution in [0.2, 0.25) is 0 Å². The van der Waals surface area contributed by atoms with Gasteiger partial charge in [-0.2, -0.15) is 0 Å². The Labute approximate surface area is 131 Å². The molecule has 0 bridgehead atoms. The highest BCUT2D eigenvalue weighted by atomic mass is 16.3. The van der Waals surface area contributed by atoms with E-state index in [9.17, 15) is 5.11 Å². The number of aromatic hydroxyl groups is 1. The molecule has 3 aromatic rings. The Balaban J connectivity index is 2.08. The summed E-state index contributed by atoms with van der Waals surface area (Å²) in [6, 6.07) is 20.7. The van der Waals surface area contributed by atoms with Gasteiger partial charge in [-0.15, -0.1) is 0 Å². The minimum Gasteiger partial charge on any atom is -0.507 e. The molecule has 0 heterocycles. The summed E-state index contributed by atoms with van der Waals surface area (Å²) in [5.41, 5.74) is 7.51. The van der Waals surface area contributed by atoms with Crippen LogP contribution in [0.4, 0.5) is 0 Å². The van der Waals surface area contributed by atoms with Gasteiger partial charge in [-0.25, -0.2) is 0 Å². The highest BCUT2D eigenvalue weighted by Crippen LogP contribution is 2.37. The van der Waals surface area contributed by atoms with Crippen molar-refractivity contribution in [2.75, 3.05) is 0 Å². The molecule has 0 aliphatic rings. The van der Waals surface area contributed by atoms with Gasteiger partial charge in [0.1, 0.15) is 5.75 Å². The summed E-state index contributed by atoms with van der Waals surface area (Å²) in [6.07, 6.45) is 0. The second-order valence-electron chi connectivity index (χ2n) is 5.87. The number of phenols is 1. The molecule has 110 valence electrons.